The Balaban J connectivity index is 1.26. The molecule has 2 amide bonds. The first-order chi connectivity index (χ1) is 13.1. The molecule has 2 heterocycles. The molecule has 1 aromatic rings. The van der Waals surface area contributed by atoms with Crippen molar-refractivity contribution >= 4 is 11.8 Å². The number of halogens is 1. The average Bonchev–Trinajstić information content (AvgIpc) is 3.13. The molecule has 0 aromatic heterocycles. The molecule has 0 radical (unpaired) electrons. The van der Waals surface area contributed by atoms with Gasteiger partial charge in [-0.25, -0.2) is 4.39 Å². The summed E-state index contributed by atoms with van der Waals surface area (Å²) in [6, 6.07) is 6.62. The van der Waals surface area contributed by atoms with E-state index in [-0.39, 0.29) is 29.5 Å². The lowest BCUT2D eigenvalue weighted by Crippen LogP contribution is -2.51. The first-order valence-electron chi connectivity index (χ1n) is 10.2. The molecule has 2 aliphatic heterocycles. The summed E-state index contributed by atoms with van der Waals surface area (Å²) in [4.78, 5) is 26.8. The van der Waals surface area contributed by atoms with E-state index in [1.165, 1.54) is 37.8 Å². The highest BCUT2D eigenvalue weighted by atomic mass is 19.1. The number of hydrogen-bond acceptors (Lipinski definition) is 3. The van der Waals surface area contributed by atoms with E-state index in [1.54, 1.807) is 17.0 Å². The fourth-order valence-corrected chi connectivity index (χ4v) is 4.85. The van der Waals surface area contributed by atoms with E-state index in [0.29, 0.717) is 37.9 Å². The number of rotatable bonds is 3. The Morgan fingerprint density at radius 2 is 1.81 bits per heavy atom. The average molecular weight is 373 g/mol. The maximum Gasteiger partial charge on any atom is 0.256 e. The predicted octanol–water partition coefficient (Wildman–Crippen LogP) is 2.47. The number of carbonyl (C=O) groups is 2. The Morgan fingerprint density at radius 3 is 2.56 bits per heavy atom. The Hall–Kier alpha value is -1.95. The van der Waals surface area contributed by atoms with Gasteiger partial charge in [0.05, 0.1) is 11.6 Å². The third kappa shape index (κ3) is 4.00. The van der Waals surface area contributed by atoms with Crippen molar-refractivity contribution in [3.63, 3.8) is 0 Å². The first kappa shape index (κ1) is 18.4. The molecule has 3 atom stereocenters. The maximum absolute atomic E-state index is 13.8. The van der Waals surface area contributed by atoms with Crippen LogP contribution in [0.4, 0.5) is 4.39 Å². The Kier molecular flexibility index (Phi) is 5.43. The predicted molar refractivity (Wildman–Crippen MR) is 101 cm³/mol. The number of nitrogens with zero attached hydrogens (tertiary/aromatic N) is 1. The van der Waals surface area contributed by atoms with Gasteiger partial charge in [0.15, 0.2) is 0 Å². The molecule has 4 rings (SSSR count). The Bertz CT molecular complexity index is 688. The maximum atomic E-state index is 13.8. The summed E-state index contributed by atoms with van der Waals surface area (Å²) in [5.74, 6) is 0.00382. The van der Waals surface area contributed by atoms with Crippen LogP contribution in [0.3, 0.4) is 0 Å². The standard InChI is InChI=1S/C21H28FN3O2/c22-17-7-3-2-6-16(17)21(27)25-11-9-15(10-12-25)23-20(26)19-13-14-5-1-4-8-18(14)24-19/h2-3,6-7,14-15,18-19,24H,1,4-5,8-13H2,(H,23,26). The molecular weight excluding hydrogens is 345 g/mol. The molecular formula is C21H28FN3O2. The third-order valence-electron chi connectivity index (χ3n) is 6.41. The molecule has 3 unspecified atom stereocenters. The van der Waals surface area contributed by atoms with Crippen LogP contribution in [0.2, 0.25) is 0 Å². The number of fused-ring (bicyclic) bond motifs is 1. The van der Waals surface area contributed by atoms with Gasteiger partial charge in [-0.3, -0.25) is 9.59 Å². The number of piperidine rings is 1. The molecule has 146 valence electrons. The number of nitrogens with one attached hydrogen (secondary N) is 2. The summed E-state index contributed by atoms with van der Waals surface area (Å²) in [6.07, 6.45) is 7.34. The van der Waals surface area contributed by atoms with Crippen LogP contribution < -0.4 is 10.6 Å². The second-order valence-electron chi connectivity index (χ2n) is 8.16. The normalized spacial score (nSPS) is 28.6. The Morgan fingerprint density at radius 1 is 1.07 bits per heavy atom. The lowest BCUT2D eigenvalue weighted by molar-refractivity contribution is -0.123. The molecule has 5 nitrogen and oxygen atoms in total. The van der Waals surface area contributed by atoms with Crippen molar-refractivity contribution in [2.24, 2.45) is 5.92 Å². The van der Waals surface area contributed by atoms with Gasteiger partial charge in [0.1, 0.15) is 5.82 Å². The van der Waals surface area contributed by atoms with Crippen LogP contribution in [0.5, 0.6) is 0 Å². The molecule has 6 heteroatoms. The van der Waals surface area contributed by atoms with Crippen molar-refractivity contribution in [1.29, 1.82) is 0 Å². The summed E-state index contributed by atoms with van der Waals surface area (Å²) in [6.45, 7) is 1.09. The quantitative estimate of drug-likeness (QED) is 0.856. The van der Waals surface area contributed by atoms with Gasteiger partial charge in [0, 0.05) is 25.2 Å². The minimum atomic E-state index is -0.480. The largest absolute Gasteiger partial charge is 0.352 e. The summed E-state index contributed by atoms with van der Waals surface area (Å²) in [7, 11) is 0. The smallest absolute Gasteiger partial charge is 0.256 e. The van der Waals surface area contributed by atoms with Crippen LogP contribution in [-0.4, -0.2) is 47.9 Å². The van der Waals surface area contributed by atoms with Crippen molar-refractivity contribution in [3.8, 4) is 0 Å². The van der Waals surface area contributed by atoms with Crippen molar-refractivity contribution in [3.05, 3.63) is 35.6 Å². The van der Waals surface area contributed by atoms with Crippen LogP contribution in [0, 0.1) is 11.7 Å². The summed E-state index contributed by atoms with van der Waals surface area (Å²) in [5.41, 5.74) is 0.123. The number of amides is 2. The molecule has 27 heavy (non-hydrogen) atoms. The lowest BCUT2D eigenvalue weighted by Gasteiger charge is -2.33. The second-order valence-corrected chi connectivity index (χ2v) is 8.16. The van der Waals surface area contributed by atoms with Gasteiger partial charge in [-0.15, -0.1) is 0 Å². The van der Waals surface area contributed by atoms with Crippen LogP contribution >= 0.6 is 0 Å². The summed E-state index contributed by atoms with van der Waals surface area (Å²) >= 11 is 0. The fraction of sp³-hybridized carbons (Fsp3) is 0.619. The molecule has 1 aromatic carbocycles. The molecule has 2 saturated heterocycles. The molecule has 3 fully saturated rings. The molecule has 0 bridgehead atoms. The number of benzene rings is 1. The zero-order valence-electron chi connectivity index (χ0n) is 15.6. The van der Waals surface area contributed by atoms with Gasteiger partial charge in [-0.2, -0.15) is 0 Å². The van der Waals surface area contributed by atoms with Gasteiger partial charge >= 0.3 is 0 Å². The van der Waals surface area contributed by atoms with Crippen molar-refractivity contribution in [1.82, 2.24) is 15.5 Å². The second kappa shape index (κ2) is 7.97. The van der Waals surface area contributed by atoms with E-state index in [4.69, 9.17) is 0 Å². The van der Waals surface area contributed by atoms with Crippen LogP contribution in [0.25, 0.3) is 0 Å². The van der Waals surface area contributed by atoms with E-state index in [2.05, 4.69) is 10.6 Å². The van der Waals surface area contributed by atoms with E-state index in [1.807, 2.05) is 0 Å². The van der Waals surface area contributed by atoms with Crippen LogP contribution in [-0.2, 0) is 4.79 Å². The van der Waals surface area contributed by atoms with Gasteiger partial charge in [0.25, 0.3) is 5.91 Å². The first-order valence-corrected chi connectivity index (χ1v) is 10.2. The minimum absolute atomic E-state index is 0.0730. The van der Waals surface area contributed by atoms with Gasteiger partial charge in [-0.1, -0.05) is 25.0 Å². The van der Waals surface area contributed by atoms with E-state index < -0.39 is 5.82 Å². The van der Waals surface area contributed by atoms with Crippen LogP contribution in [0.15, 0.2) is 24.3 Å². The molecule has 2 N–H and O–H groups in total. The SMILES string of the molecule is O=C(NC1CCN(C(=O)c2ccccc2F)CC1)C1CC2CCCCC2N1. The number of likely N-dealkylation sites (tertiary alicyclic amines) is 1. The van der Waals surface area contributed by atoms with Gasteiger partial charge in [0.2, 0.25) is 5.91 Å². The molecule has 3 aliphatic rings. The highest BCUT2D eigenvalue weighted by Gasteiger charge is 2.38. The zero-order valence-corrected chi connectivity index (χ0v) is 15.6. The van der Waals surface area contributed by atoms with Crippen molar-refractivity contribution < 1.29 is 14.0 Å². The van der Waals surface area contributed by atoms with Crippen molar-refractivity contribution in [2.75, 3.05) is 13.1 Å². The van der Waals surface area contributed by atoms with Crippen molar-refractivity contribution in [2.45, 2.75) is 63.1 Å². The lowest BCUT2D eigenvalue weighted by atomic mass is 9.85. The van der Waals surface area contributed by atoms with E-state index >= 15 is 0 Å². The van der Waals surface area contributed by atoms with E-state index in [0.717, 1.165) is 6.42 Å². The van der Waals surface area contributed by atoms with Crippen LogP contribution in [0.1, 0.15) is 55.3 Å². The van der Waals surface area contributed by atoms with E-state index in [9.17, 15) is 14.0 Å². The third-order valence-corrected chi connectivity index (χ3v) is 6.41. The molecule has 1 aliphatic carbocycles. The zero-order chi connectivity index (χ0) is 18.8. The summed E-state index contributed by atoms with van der Waals surface area (Å²) < 4.78 is 13.8. The van der Waals surface area contributed by atoms with Gasteiger partial charge < -0.3 is 15.5 Å². The monoisotopic (exact) mass is 373 g/mol. The number of carbonyl (C=O) groups excluding carboxylic acids is 2. The highest BCUT2D eigenvalue weighted by molar-refractivity contribution is 5.94. The highest BCUT2D eigenvalue weighted by Crippen LogP contribution is 2.33. The number of hydrogen-bond donors (Lipinski definition) is 2. The fourth-order valence-electron chi connectivity index (χ4n) is 4.85. The Labute approximate surface area is 159 Å². The molecule has 1 saturated carbocycles. The topological polar surface area (TPSA) is 61.4 Å². The summed E-state index contributed by atoms with van der Waals surface area (Å²) in [5, 5.41) is 6.69. The van der Waals surface area contributed by atoms with Gasteiger partial charge in [-0.05, 0) is 50.2 Å². The minimum Gasteiger partial charge on any atom is -0.352 e. The molecule has 0 spiro atoms.